The van der Waals surface area contributed by atoms with Crippen LogP contribution in [0.3, 0.4) is 0 Å². The highest BCUT2D eigenvalue weighted by Gasteiger charge is 2.62. The first-order valence-electron chi connectivity index (χ1n) is 18.9. The van der Waals surface area contributed by atoms with Gasteiger partial charge in [-0.3, -0.25) is 9.59 Å². The quantitative estimate of drug-likeness (QED) is 0.126. The third kappa shape index (κ3) is 10.8. The number of nitriles is 1. The van der Waals surface area contributed by atoms with Crippen molar-refractivity contribution in [3.63, 3.8) is 0 Å². The topological polar surface area (TPSA) is 192 Å². The molecule has 0 unspecified atom stereocenters. The van der Waals surface area contributed by atoms with Crippen molar-refractivity contribution in [1.82, 2.24) is 19.9 Å². The lowest BCUT2D eigenvalue weighted by Gasteiger charge is -2.35. The Morgan fingerprint density at radius 3 is 2.39 bits per heavy atom. The molecule has 2 fully saturated rings. The zero-order chi connectivity index (χ0) is 40.1. The highest BCUT2D eigenvalue weighted by molar-refractivity contribution is 6.69. The lowest BCUT2D eigenvalue weighted by atomic mass is 9.86. The monoisotopic (exact) mass is 770 g/mol. The minimum Gasteiger partial charge on any atom is -0.463 e. The fraction of sp³-hybridized carbons (Fsp3) is 0.711. The van der Waals surface area contributed by atoms with Crippen molar-refractivity contribution < 1.29 is 42.6 Å². The van der Waals surface area contributed by atoms with E-state index < -0.39 is 67.3 Å². The first-order valence-corrected chi connectivity index (χ1v) is 22.3. The van der Waals surface area contributed by atoms with Gasteiger partial charge in [0, 0.05) is 12.8 Å². The van der Waals surface area contributed by atoms with Gasteiger partial charge in [0.25, 0.3) is 0 Å². The van der Waals surface area contributed by atoms with Crippen LogP contribution in [-0.2, 0) is 43.4 Å². The molecule has 0 spiro atoms. The molecule has 0 bridgehead atoms. The molecule has 16 heteroatoms. The number of ether oxygens (including phenoxy) is 4. The number of amides is 2. The Morgan fingerprint density at radius 2 is 1.80 bits per heavy atom. The largest absolute Gasteiger partial charge is 0.463 e. The summed E-state index contributed by atoms with van der Waals surface area (Å²) in [5.41, 5.74) is -2.99. The Labute approximate surface area is 319 Å². The SMILES string of the molecule is CCCCC(=O)Nc1ncnn2c([C@]3(C#N)O[C@H](COC(=O)CC4CCCC4)[C@@H](OC(=O)[C@@H](NC(=O)OC(C)(C)C)C(C)(C)C)[C@H]3O[Si](C)(C)C)ccc12. The van der Waals surface area contributed by atoms with Crippen LogP contribution < -0.4 is 10.6 Å². The lowest BCUT2D eigenvalue weighted by Crippen LogP contribution is -2.55. The molecule has 1 aliphatic heterocycles. The smallest absolute Gasteiger partial charge is 0.408 e. The predicted octanol–water partition coefficient (Wildman–Crippen LogP) is 6.17. The number of nitrogens with zero attached hydrogens (tertiary/aromatic N) is 4. The van der Waals surface area contributed by atoms with Crippen LogP contribution in [0.1, 0.15) is 106 Å². The second-order valence-electron chi connectivity index (χ2n) is 17.3. The van der Waals surface area contributed by atoms with E-state index in [9.17, 15) is 24.4 Å². The average Bonchev–Trinajstić information content (AvgIpc) is 3.79. The van der Waals surface area contributed by atoms with Gasteiger partial charge in [-0.1, -0.05) is 47.0 Å². The van der Waals surface area contributed by atoms with Gasteiger partial charge in [-0.2, -0.15) is 10.4 Å². The van der Waals surface area contributed by atoms with Crippen LogP contribution in [0.4, 0.5) is 10.6 Å². The standard InChI is InChI=1S/C38H58N6O9Si/c1-11-12-17-28(45)42-33-25-18-19-27(44(25)41-23-40-33)38(22-39)32(53-54(8,9)10)30(26(51-38)21-49-29(46)20-24-15-13-14-16-24)50-34(47)31(36(2,3)4)43-35(48)52-37(5,6)7/h18-19,23-24,26,30-32H,11-17,20-21H2,1-10H3,(H,43,48)(H,40,41,42,45)/t26-,30-,31-,32-,38+/m1/s1. The molecule has 1 aliphatic carbocycles. The maximum absolute atomic E-state index is 14.2. The van der Waals surface area contributed by atoms with Crippen LogP contribution in [0, 0.1) is 22.7 Å². The van der Waals surface area contributed by atoms with Gasteiger partial charge in [0.1, 0.15) is 48.4 Å². The van der Waals surface area contributed by atoms with Crippen LogP contribution in [-0.4, -0.2) is 83.4 Å². The van der Waals surface area contributed by atoms with Crippen molar-refractivity contribution in [2.45, 2.75) is 155 Å². The first-order chi connectivity index (χ1) is 25.2. The van der Waals surface area contributed by atoms with E-state index in [2.05, 4.69) is 26.8 Å². The number of rotatable bonds is 14. The summed E-state index contributed by atoms with van der Waals surface area (Å²) < 4.78 is 32.3. The number of fused-ring (bicyclic) bond motifs is 1. The maximum Gasteiger partial charge on any atom is 0.408 e. The molecule has 2 aromatic heterocycles. The number of alkyl carbamates (subject to hydrolysis) is 1. The molecule has 0 aromatic carbocycles. The van der Waals surface area contributed by atoms with E-state index >= 15 is 0 Å². The van der Waals surface area contributed by atoms with Crippen molar-refractivity contribution in [3.8, 4) is 6.07 Å². The number of esters is 2. The van der Waals surface area contributed by atoms with Crippen LogP contribution in [0.5, 0.6) is 0 Å². The molecule has 54 heavy (non-hydrogen) atoms. The fourth-order valence-electron chi connectivity index (χ4n) is 6.73. The molecule has 4 rings (SSSR count). The van der Waals surface area contributed by atoms with E-state index in [-0.39, 0.29) is 36.4 Å². The highest BCUT2D eigenvalue weighted by Crippen LogP contribution is 2.45. The Kier molecular flexibility index (Phi) is 13.6. The highest BCUT2D eigenvalue weighted by atomic mass is 28.4. The predicted molar refractivity (Wildman–Crippen MR) is 202 cm³/mol. The zero-order valence-electron chi connectivity index (χ0n) is 33.4. The zero-order valence-corrected chi connectivity index (χ0v) is 34.4. The third-order valence-corrected chi connectivity index (χ3v) is 10.2. The van der Waals surface area contributed by atoms with Gasteiger partial charge in [-0.15, -0.1) is 0 Å². The van der Waals surface area contributed by atoms with E-state index in [0.717, 1.165) is 32.1 Å². The van der Waals surface area contributed by atoms with Gasteiger partial charge >= 0.3 is 18.0 Å². The molecular weight excluding hydrogens is 713 g/mol. The van der Waals surface area contributed by atoms with Gasteiger partial charge in [0.15, 0.2) is 20.2 Å². The van der Waals surface area contributed by atoms with Crippen LogP contribution in [0.2, 0.25) is 19.6 Å². The van der Waals surface area contributed by atoms with E-state index in [0.29, 0.717) is 18.4 Å². The van der Waals surface area contributed by atoms with E-state index in [4.69, 9.17) is 23.4 Å². The molecule has 2 aliphatic rings. The number of hydrogen-bond donors (Lipinski definition) is 2. The minimum atomic E-state index is -2.58. The summed E-state index contributed by atoms with van der Waals surface area (Å²) in [6, 6.07) is 4.42. The number of hydrogen-bond acceptors (Lipinski definition) is 12. The van der Waals surface area contributed by atoms with Crippen LogP contribution >= 0.6 is 0 Å². The molecule has 2 N–H and O–H groups in total. The third-order valence-electron chi connectivity index (χ3n) is 9.25. The summed E-state index contributed by atoms with van der Waals surface area (Å²) in [6.45, 7) is 17.9. The van der Waals surface area contributed by atoms with Crippen molar-refractivity contribution in [3.05, 3.63) is 24.2 Å². The van der Waals surface area contributed by atoms with Gasteiger partial charge in [-0.25, -0.2) is 19.1 Å². The first kappa shape index (κ1) is 42.7. The number of carbonyl (C=O) groups excluding carboxylic acids is 4. The van der Waals surface area contributed by atoms with Crippen LogP contribution in [0.15, 0.2) is 18.5 Å². The second kappa shape index (κ2) is 17.2. The molecule has 298 valence electrons. The second-order valence-corrected chi connectivity index (χ2v) is 21.8. The number of anilines is 1. The maximum atomic E-state index is 14.2. The minimum absolute atomic E-state index is 0.216. The summed E-state index contributed by atoms with van der Waals surface area (Å²) in [7, 11) is -2.58. The van der Waals surface area contributed by atoms with Gasteiger partial charge in [0.2, 0.25) is 11.5 Å². The summed E-state index contributed by atoms with van der Waals surface area (Å²) in [4.78, 5) is 57.3. The Hall–Kier alpha value is -4.07. The molecule has 3 heterocycles. The summed E-state index contributed by atoms with van der Waals surface area (Å²) >= 11 is 0. The van der Waals surface area contributed by atoms with Gasteiger partial charge in [-0.05, 0) is 83.1 Å². The molecule has 5 atom stereocenters. The Morgan fingerprint density at radius 1 is 1.11 bits per heavy atom. The van der Waals surface area contributed by atoms with Crippen molar-refractivity contribution in [1.29, 1.82) is 5.26 Å². The molecular formula is C38H58N6O9Si. The molecule has 1 saturated carbocycles. The molecule has 0 radical (unpaired) electrons. The Balaban J connectivity index is 1.78. The van der Waals surface area contributed by atoms with E-state index in [1.54, 1.807) is 53.7 Å². The van der Waals surface area contributed by atoms with Crippen molar-refractivity contribution in [2.75, 3.05) is 11.9 Å². The summed E-state index contributed by atoms with van der Waals surface area (Å²) in [5, 5.41) is 21.1. The molecule has 2 amide bonds. The number of carbonyl (C=O) groups is 4. The van der Waals surface area contributed by atoms with Crippen LogP contribution in [0.25, 0.3) is 5.52 Å². The van der Waals surface area contributed by atoms with Gasteiger partial charge < -0.3 is 34.0 Å². The number of aromatic nitrogens is 3. The normalized spacial score (nSPS) is 22.7. The summed E-state index contributed by atoms with van der Waals surface area (Å²) in [6.07, 6.45) is 2.89. The van der Waals surface area contributed by atoms with Gasteiger partial charge in [0.05, 0.1) is 5.69 Å². The fourth-order valence-corrected chi connectivity index (χ4v) is 7.80. The van der Waals surface area contributed by atoms with Crippen molar-refractivity contribution >= 4 is 43.6 Å². The number of unbranched alkanes of at least 4 members (excludes halogenated alkanes) is 1. The Bertz CT molecular complexity index is 1700. The molecule has 2 aromatic rings. The van der Waals surface area contributed by atoms with E-state index in [1.807, 2.05) is 26.6 Å². The van der Waals surface area contributed by atoms with Crippen molar-refractivity contribution in [2.24, 2.45) is 11.3 Å². The molecule has 15 nitrogen and oxygen atoms in total. The van der Waals surface area contributed by atoms with E-state index in [1.165, 1.54) is 10.8 Å². The lowest BCUT2D eigenvalue weighted by molar-refractivity contribution is -0.164. The average molecular weight is 771 g/mol. The summed E-state index contributed by atoms with van der Waals surface area (Å²) in [5.74, 6) is -0.982. The number of nitrogens with one attached hydrogen (secondary N) is 2. The molecule has 1 saturated heterocycles.